The Morgan fingerprint density at radius 3 is 2.28 bits per heavy atom. The third-order valence-electron chi connectivity index (χ3n) is 2.30. The summed E-state index contributed by atoms with van der Waals surface area (Å²) in [4.78, 5) is 33.0. The van der Waals surface area contributed by atoms with E-state index in [1.54, 1.807) is 20.8 Å². The van der Waals surface area contributed by atoms with Crippen molar-refractivity contribution in [2.75, 3.05) is 6.61 Å². The van der Waals surface area contributed by atoms with E-state index in [0.29, 0.717) is 13.0 Å². The summed E-state index contributed by atoms with van der Waals surface area (Å²) in [6, 6.07) is 0. The van der Waals surface area contributed by atoms with Crippen molar-refractivity contribution in [3.63, 3.8) is 0 Å². The molecule has 0 heterocycles. The molecule has 0 saturated heterocycles. The lowest BCUT2D eigenvalue weighted by molar-refractivity contribution is -0.144. The van der Waals surface area contributed by atoms with Gasteiger partial charge in [-0.15, -0.1) is 0 Å². The number of aliphatic carboxylic acids is 1. The highest BCUT2D eigenvalue weighted by atomic mass is 16.5. The molecule has 2 N–H and O–H groups in total. The zero-order chi connectivity index (χ0) is 14.2. The van der Waals surface area contributed by atoms with E-state index in [-0.39, 0.29) is 25.2 Å². The molecule has 0 bridgehead atoms. The van der Waals surface area contributed by atoms with Crippen LogP contribution in [0.2, 0.25) is 0 Å². The van der Waals surface area contributed by atoms with Crippen LogP contribution in [-0.2, 0) is 19.1 Å². The summed E-state index contributed by atoms with van der Waals surface area (Å²) >= 11 is 0. The maximum absolute atomic E-state index is 11.5. The molecule has 0 unspecified atom stereocenters. The predicted octanol–water partition coefficient (Wildman–Crippen LogP) is 1.09. The largest absolute Gasteiger partial charge is 0.481 e. The summed E-state index contributed by atoms with van der Waals surface area (Å²) in [5.74, 6) is -1.58. The van der Waals surface area contributed by atoms with Gasteiger partial charge in [0.05, 0.1) is 13.0 Å². The first kappa shape index (κ1) is 16.4. The smallest absolute Gasteiger partial charge is 0.306 e. The van der Waals surface area contributed by atoms with Crippen LogP contribution in [0.4, 0.5) is 0 Å². The van der Waals surface area contributed by atoms with E-state index in [2.05, 4.69) is 5.32 Å². The zero-order valence-corrected chi connectivity index (χ0v) is 11.1. The van der Waals surface area contributed by atoms with E-state index in [0.717, 1.165) is 0 Å². The molecular weight excluding hydrogens is 238 g/mol. The standard InChI is InChI=1S/C12H21NO5/c1-4-18-11(17)6-5-9(14)13-12(2,3)8-7-10(15)16/h4-8H2,1-3H3,(H,13,14)(H,15,16). The van der Waals surface area contributed by atoms with E-state index in [1.807, 2.05) is 0 Å². The Labute approximate surface area is 107 Å². The van der Waals surface area contributed by atoms with E-state index in [4.69, 9.17) is 9.84 Å². The summed E-state index contributed by atoms with van der Waals surface area (Å²) < 4.78 is 4.70. The number of hydrogen-bond donors (Lipinski definition) is 2. The van der Waals surface area contributed by atoms with Crippen LogP contribution in [0.3, 0.4) is 0 Å². The number of carbonyl (C=O) groups is 3. The minimum absolute atomic E-state index is 0.00877. The fourth-order valence-electron chi connectivity index (χ4n) is 1.37. The first-order valence-corrected chi connectivity index (χ1v) is 5.95. The van der Waals surface area contributed by atoms with Gasteiger partial charge < -0.3 is 15.2 Å². The Kier molecular flexibility index (Phi) is 7.00. The molecule has 0 radical (unpaired) electrons. The van der Waals surface area contributed by atoms with Gasteiger partial charge in [0.2, 0.25) is 5.91 Å². The quantitative estimate of drug-likeness (QED) is 0.636. The molecule has 0 saturated carbocycles. The molecule has 18 heavy (non-hydrogen) atoms. The average Bonchev–Trinajstić information content (AvgIpc) is 2.24. The topological polar surface area (TPSA) is 92.7 Å². The monoisotopic (exact) mass is 259 g/mol. The lowest BCUT2D eigenvalue weighted by Gasteiger charge is -2.25. The predicted molar refractivity (Wildman–Crippen MR) is 65.0 cm³/mol. The molecule has 6 heteroatoms. The van der Waals surface area contributed by atoms with Crippen LogP contribution in [0.25, 0.3) is 0 Å². The molecule has 0 fully saturated rings. The number of nitrogens with one attached hydrogen (secondary N) is 1. The van der Waals surface area contributed by atoms with Crippen LogP contribution < -0.4 is 5.32 Å². The van der Waals surface area contributed by atoms with Crippen LogP contribution in [0, 0.1) is 0 Å². The highest BCUT2D eigenvalue weighted by molar-refractivity contribution is 5.81. The molecule has 0 aromatic carbocycles. The molecule has 104 valence electrons. The Balaban J connectivity index is 3.98. The van der Waals surface area contributed by atoms with Crippen molar-refractivity contribution < 1.29 is 24.2 Å². The van der Waals surface area contributed by atoms with Crippen LogP contribution in [0.5, 0.6) is 0 Å². The molecular formula is C12H21NO5. The lowest BCUT2D eigenvalue weighted by atomic mass is 9.98. The molecule has 6 nitrogen and oxygen atoms in total. The fourth-order valence-corrected chi connectivity index (χ4v) is 1.37. The summed E-state index contributed by atoms with van der Waals surface area (Å²) in [5, 5.41) is 11.3. The molecule has 0 aromatic rings. The van der Waals surface area contributed by atoms with Gasteiger partial charge in [-0.3, -0.25) is 14.4 Å². The van der Waals surface area contributed by atoms with Crippen LogP contribution in [0.1, 0.15) is 46.5 Å². The highest BCUT2D eigenvalue weighted by Gasteiger charge is 2.21. The Bertz CT molecular complexity index is 312. The number of amides is 1. The molecule has 0 aliphatic heterocycles. The van der Waals surface area contributed by atoms with E-state index in [9.17, 15) is 14.4 Å². The van der Waals surface area contributed by atoms with Crippen molar-refractivity contribution in [3.05, 3.63) is 0 Å². The van der Waals surface area contributed by atoms with E-state index < -0.39 is 17.5 Å². The Hall–Kier alpha value is -1.59. The number of rotatable bonds is 8. The minimum Gasteiger partial charge on any atom is -0.481 e. The van der Waals surface area contributed by atoms with Crippen LogP contribution in [-0.4, -0.2) is 35.1 Å². The second-order valence-corrected chi connectivity index (χ2v) is 4.63. The van der Waals surface area contributed by atoms with Crippen molar-refractivity contribution in [2.45, 2.75) is 52.0 Å². The molecule has 0 aliphatic rings. The van der Waals surface area contributed by atoms with Gasteiger partial charge >= 0.3 is 11.9 Å². The average molecular weight is 259 g/mol. The molecule has 1 amide bonds. The summed E-state index contributed by atoms with van der Waals surface area (Å²) in [6.45, 7) is 5.49. The lowest BCUT2D eigenvalue weighted by Crippen LogP contribution is -2.43. The van der Waals surface area contributed by atoms with Gasteiger partial charge in [-0.1, -0.05) is 0 Å². The molecule has 0 aromatic heterocycles. The maximum Gasteiger partial charge on any atom is 0.306 e. The second-order valence-electron chi connectivity index (χ2n) is 4.63. The number of carboxylic acids is 1. The van der Waals surface area contributed by atoms with Crippen molar-refractivity contribution in [2.24, 2.45) is 0 Å². The van der Waals surface area contributed by atoms with Crippen molar-refractivity contribution in [1.82, 2.24) is 5.32 Å². The van der Waals surface area contributed by atoms with Gasteiger partial charge in [-0.05, 0) is 27.2 Å². The van der Waals surface area contributed by atoms with Crippen LogP contribution >= 0.6 is 0 Å². The van der Waals surface area contributed by atoms with Crippen molar-refractivity contribution in [1.29, 1.82) is 0 Å². The van der Waals surface area contributed by atoms with Gasteiger partial charge in [0, 0.05) is 18.4 Å². The van der Waals surface area contributed by atoms with Gasteiger partial charge in [0.1, 0.15) is 0 Å². The summed E-state index contributed by atoms with van der Waals surface area (Å²) in [5.41, 5.74) is -0.593. The first-order chi connectivity index (χ1) is 8.26. The van der Waals surface area contributed by atoms with E-state index in [1.165, 1.54) is 0 Å². The van der Waals surface area contributed by atoms with Crippen molar-refractivity contribution >= 4 is 17.8 Å². The SMILES string of the molecule is CCOC(=O)CCC(=O)NC(C)(C)CCC(=O)O. The third-order valence-corrected chi connectivity index (χ3v) is 2.30. The second kappa shape index (κ2) is 7.68. The summed E-state index contributed by atoms with van der Waals surface area (Å²) in [7, 11) is 0. The normalized spacial score (nSPS) is 10.8. The van der Waals surface area contributed by atoms with Crippen LogP contribution in [0.15, 0.2) is 0 Å². The summed E-state index contributed by atoms with van der Waals surface area (Å²) in [6.07, 6.45) is 0.419. The molecule has 0 aliphatic carbocycles. The number of carboxylic acid groups (broad SMARTS) is 1. The Morgan fingerprint density at radius 1 is 1.17 bits per heavy atom. The molecule has 0 spiro atoms. The number of ether oxygens (including phenoxy) is 1. The number of hydrogen-bond acceptors (Lipinski definition) is 4. The third kappa shape index (κ3) is 8.55. The molecule has 0 rings (SSSR count). The highest BCUT2D eigenvalue weighted by Crippen LogP contribution is 2.11. The van der Waals surface area contributed by atoms with Gasteiger partial charge in [-0.2, -0.15) is 0 Å². The van der Waals surface area contributed by atoms with Gasteiger partial charge in [0.15, 0.2) is 0 Å². The number of esters is 1. The number of carbonyl (C=O) groups excluding carboxylic acids is 2. The van der Waals surface area contributed by atoms with Gasteiger partial charge in [0.25, 0.3) is 0 Å². The first-order valence-electron chi connectivity index (χ1n) is 5.95. The fraction of sp³-hybridized carbons (Fsp3) is 0.750. The maximum atomic E-state index is 11.5. The van der Waals surface area contributed by atoms with Gasteiger partial charge in [-0.25, -0.2) is 0 Å². The van der Waals surface area contributed by atoms with E-state index >= 15 is 0 Å². The minimum atomic E-state index is -0.899. The zero-order valence-electron chi connectivity index (χ0n) is 11.1. The Morgan fingerprint density at radius 2 is 1.78 bits per heavy atom. The van der Waals surface area contributed by atoms with Crippen molar-refractivity contribution in [3.8, 4) is 0 Å². The molecule has 0 atom stereocenters.